The summed E-state index contributed by atoms with van der Waals surface area (Å²) in [4.78, 5) is 19.1. The van der Waals surface area contributed by atoms with Crippen LogP contribution in [0.4, 0.5) is 8.78 Å². The molecule has 2 N–H and O–H groups in total. The molecule has 6 nitrogen and oxygen atoms in total. The molecule has 2 aromatic carbocycles. The van der Waals surface area contributed by atoms with Gasteiger partial charge in [0.25, 0.3) is 5.56 Å². The molecule has 0 amide bonds. The third-order valence-corrected chi connectivity index (χ3v) is 3.33. The summed E-state index contributed by atoms with van der Waals surface area (Å²) < 4.78 is 34.4. The van der Waals surface area contributed by atoms with E-state index in [0.29, 0.717) is 5.56 Å². The Kier molecular flexibility index (Phi) is 4.03. The molecular weight excluding hydrogens is 322 g/mol. The fourth-order valence-electron chi connectivity index (χ4n) is 2.28. The fraction of sp³-hybridized carbons (Fsp3) is 0.125. The summed E-state index contributed by atoms with van der Waals surface area (Å²) in [6.07, 6.45) is 0. The molecule has 24 heavy (non-hydrogen) atoms. The van der Waals surface area contributed by atoms with Gasteiger partial charge in [0, 0.05) is 11.6 Å². The fourth-order valence-corrected chi connectivity index (χ4v) is 2.28. The quantitative estimate of drug-likeness (QED) is 0.766. The minimum atomic E-state index is -3.04. The maximum absolute atomic E-state index is 12.5. The Balaban J connectivity index is 2.21. The van der Waals surface area contributed by atoms with Crippen LogP contribution in [0.2, 0.25) is 0 Å². The maximum atomic E-state index is 12.5. The lowest BCUT2D eigenvalue weighted by Gasteiger charge is -2.11. The molecule has 0 radical (unpaired) electrons. The number of ether oxygens (including phenoxy) is 2. The second-order valence-corrected chi connectivity index (χ2v) is 4.86. The molecular formula is C16H12F2N2O4. The predicted molar refractivity (Wildman–Crippen MR) is 82.6 cm³/mol. The van der Waals surface area contributed by atoms with Crippen molar-refractivity contribution in [2.45, 2.75) is 6.61 Å². The molecule has 0 atom stereocenters. The molecule has 124 valence electrons. The Labute approximate surface area is 134 Å². The van der Waals surface area contributed by atoms with E-state index >= 15 is 0 Å². The monoisotopic (exact) mass is 334 g/mol. The number of aromatic hydroxyl groups is 1. The second kappa shape index (κ2) is 6.15. The van der Waals surface area contributed by atoms with E-state index < -0.39 is 12.2 Å². The first-order valence-corrected chi connectivity index (χ1v) is 6.84. The molecule has 0 saturated carbocycles. The average molecular weight is 334 g/mol. The van der Waals surface area contributed by atoms with E-state index in [0.717, 1.165) is 0 Å². The van der Waals surface area contributed by atoms with Crippen molar-refractivity contribution < 1.29 is 23.4 Å². The van der Waals surface area contributed by atoms with Gasteiger partial charge >= 0.3 is 6.61 Å². The molecule has 3 rings (SSSR count). The number of H-pyrrole nitrogens is 1. The number of methoxy groups -OCH3 is 1. The number of aromatic amines is 1. The van der Waals surface area contributed by atoms with E-state index in [9.17, 15) is 18.7 Å². The Morgan fingerprint density at radius 2 is 2.00 bits per heavy atom. The number of nitrogens with one attached hydrogen (secondary N) is 1. The van der Waals surface area contributed by atoms with Gasteiger partial charge in [0.1, 0.15) is 11.6 Å². The Morgan fingerprint density at radius 3 is 2.67 bits per heavy atom. The number of benzene rings is 2. The van der Waals surface area contributed by atoms with Crippen LogP contribution in [0.3, 0.4) is 0 Å². The number of hydrogen-bond acceptors (Lipinski definition) is 5. The number of hydrogen-bond donors (Lipinski definition) is 2. The van der Waals surface area contributed by atoms with Crippen LogP contribution in [-0.2, 0) is 0 Å². The number of phenolic OH excluding ortho intramolecular Hbond substituents is 1. The number of rotatable bonds is 4. The lowest BCUT2D eigenvalue weighted by atomic mass is 10.1. The molecule has 0 bridgehead atoms. The van der Waals surface area contributed by atoms with E-state index in [1.165, 1.54) is 31.4 Å². The Hall–Kier alpha value is -3.16. The van der Waals surface area contributed by atoms with Crippen LogP contribution < -0.4 is 15.0 Å². The van der Waals surface area contributed by atoms with Crippen molar-refractivity contribution in [2.75, 3.05) is 7.11 Å². The summed E-state index contributed by atoms with van der Waals surface area (Å²) >= 11 is 0. The highest BCUT2D eigenvalue weighted by molar-refractivity contribution is 5.83. The van der Waals surface area contributed by atoms with Crippen molar-refractivity contribution in [3.63, 3.8) is 0 Å². The summed E-state index contributed by atoms with van der Waals surface area (Å²) in [6, 6.07) is 8.62. The van der Waals surface area contributed by atoms with Gasteiger partial charge in [-0.3, -0.25) is 4.79 Å². The SMILES string of the molecule is COc1cc2c(=O)[nH]c(-c3cccc(O)c3)nc2cc1OC(F)F. The molecule has 0 aliphatic rings. The van der Waals surface area contributed by atoms with Crippen molar-refractivity contribution in [2.24, 2.45) is 0 Å². The summed E-state index contributed by atoms with van der Waals surface area (Å²) in [7, 11) is 1.28. The molecule has 0 spiro atoms. The van der Waals surface area contributed by atoms with E-state index in [4.69, 9.17) is 4.74 Å². The van der Waals surface area contributed by atoms with Crippen LogP contribution in [-0.4, -0.2) is 28.8 Å². The molecule has 0 aliphatic carbocycles. The van der Waals surface area contributed by atoms with Gasteiger partial charge in [-0.2, -0.15) is 8.78 Å². The predicted octanol–water partition coefficient (Wildman–Crippen LogP) is 2.91. The second-order valence-electron chi connectivity index (χ2n) is 4.86. The number of halogens is 2. The summed E-state index contributed by atoms with van der Waals surface area (Å²) in [5.41, 5.74) is 0.162. The van der Waals surface area contributed by atoms with Crippen LogP contribution in [0.5, 0.6) is 17.2 Å². The van der Waals surface area contributed by atoms with E-state index in [1.54, 1.807) is 12.1 Å². The van der Waals surface area contributed by atoms with Crippen molar-refractivity contribution in [3.05, 3.63) is 46.8 Å². The summed E-state index contributed by atoms with van der Waals surface area (Å²) in [5, 5.41) is 9.69. The number of alkyl halides is 2. The minimum absolute atomic E-state index is 0.000190. The average Bonchev–Trinajstić information content (AvgIpc) is 2.53. The maximum Gasteiger partial charge on any atom is 0.387 e. The highest BCUT2D eigenvalue weighted by atomic mass is 19.3. The normalized spacial score (nSPS) is 11.0. The lowest BCUT2D eigenvalue weighted by molar-refractivity contribution is -0.0511. The summed E-state index contributed by atoms with van der Waals surface area (Å²) in [5.74, 6) is -0.0246. The first-order valence-electron chi connectivity index (χ1n) is 6.84. The molecule has 0 aliphatic heterocycles. The van der Waals surface area contributed by atoms with Gasteiger partial charge < -0.3 is 19.6 Å². The Morgan fingerprint density at radius 1 is 1.21 bits per heavy atom. The highest BCUT2D eigenvalue weighted by Crippen LogP contribution is 2.32. The van der Waals surface area contributed by atoms with Gasteiger partial charge in [-0.1, -0.05) is 12.1 Å². The molecule has 1 aromatic heterocycles. The molecule has 0 unspecified atom stereocenters. The number of nitrogens with zero attached hydrogens (tertiary/aromatic N) is 1. The zero-order valence-corrected chi connectivity index (χ0v) is 12.4. The molecule has 0 saturated heterocycles. The zero-order valence-electron chi connectivity index (χ0n) is 12.4. The minimum Gasteiger partial charge on any atom is -0.508 e. The number of fused-ring (bicyclic) bond motifs is 1. The number of aromatic nitrogens is 2. The third kappa shape index (κ3) is 2.98. The van der Waals surface area contributed by atoms with Crippen LogP contribution in [0, 0.1) is 0 Å². The Bertz CT molecular complexity index is 956. The van der Waals surface area contributed by atoms with Gasteiger partial charge in [-0.05, 0) is 18.2 Å². The van der Waals surface area contributed by atoms with E-state index in [-0.39, 0.29) is 34.0 Å². The van der Waals surface area contributed by atoms with Gasteiger partial charge in [0.05, 0.1) is 18.0 Å². The first-order chi connectivity index (χ1) is 11.5. The topological polar surface area (TPSA) is 84.4 Å². The molecule has 8 heteroatoms. The first kappa shape index (κ1) is 15.7. The van der Waals surface area contributed by atoms with Crippen LogP contribution in [0.25, 0.3) is 22.3 Å². The smallest absolute Gasteiger partial charge is 0.387 e. The molecule has 1 heterocycles. The van der Waals surface area contributed by atoms with Crippen molar-refractivity contribution in [3.8, 4) is 28.6 Å². The van der Waals surface area contributed by atoms with Crippen molar-refractivity contribution in [1.82, 2.24) is 9.97 Å². The van der Waals surface area contributed by atoms with Gasteiger partial charge in [0.2, 0.25) is 0 Å². The molecule has 0 fully saturated rings. The standard InChI is InChI=1S/C16H12F2N2O4/c1-23-12-6-10-11(7-13(12)24-16(17)18)19-14(20-15(10)22)8-3-2-4-9(21)5-8/h2-7,16,21H,1H3,(H,19,20,22). The van der Waals surface area contributed by atoms with Crippen LogP contribution >= 0.6 is 0 Å². The lowest BCUT2D eigenvalue weighted by Crippen LogP contribution is -2.11. The van der Waals surface area contributed by atoms with Gasteiger partial charge in [-0.15, -0.1) is 0 Å². The van der Waals surface area contributed by atoms with Crippen LogP contribution in [0.1, 0.15) is 0 Å². The zero-order chi connectivity index (χ0) is 17.3. The van der Waals surface area contributed by atoms with E-state index in [1.807, 2.05) is 0 Å². The van der Waals surface area contributed by atoms with Crippen molar-refractivity contribution in [1.29, 1.82) is 0 Å². The highest BCUT2D eigenvalue weighted by Gasteiger charge is 2.15. The van der Waals surface area contributed by atoms with Crippen LogP contribution in [0.15, 0.2) is 41.2 Å². The van der Waals surface area contributed by atoms with Crippen molar-refractivity contribution >= 4 is 10.9 Å². The largest absolute Gasteiger partial charge is 0.508 e. The molecule has 3 aromatic rings. The van der Waals surface area contributed by atoms with E-state index in [2.05, 4.69) is 14.7 Å². The van der Waals surface area contributed by atoms with Gasteiger partial charge in [0.15, 0.2) is 11.5 Å². The van der Waals surface area contributed by atoms with Gasteiger partial charge in [-0.25, -0.2) is 4.98 Å². The third-order valence-electron chi connectivity index (χ3n) is 3.33. The summed E-state index contributed by atoms with van der Waals surface area (Å²) in [6.45, 7) is -3.04. The number of phenols is 1.